The molecular weight excluding hydrogens is 469 g/mol. The average Bonchev–Trinajstić information content (AvgIpc) is 2.55. The summed E-state index contributed by atoms with van der Waals surface area (Å²) in [5.74, 6) is 0.221. The van der Waals surface area contributed by atoms with E-state index in [0.29, 0.717) is 43.8 Å². The highest BCUT2D eigenvalue weighted by molar-refractivity contribution is 14.1. The predicted octanol–water partition coefficient (Wildman–Crippen LogP) is 4.63. The van der Waals surface area contributed by atoms with Gasteiger partial charge >= 0.3 is 6.09 Å². The Morgan fingerprint density at radius 2 is 2.00 bits per heavy atom. The van der Waals surface area contributed by atoms with Crippen molar-refractivity contribution >= 4 is 34.5 Å². The van der Waals surface area contributed by atoms with Crippen LogP contribution < -0.4 is 5.11 Å². The fourth-order valence-electron chi connectivity index (χ4n) is 3.58. The highest BCUT2D eigenvalue weighted by atomic mass is 127. The van der Waals surface area contributed by atoms with Crippen molar-refractivity contribution < 1.29 is 19.4 Å². The number of halogens is 1. The SMILES string of the molecule is C=CC[C@@H]1C[C@@H](C)CC(=O)/C1=C(\[O-])CCCN(CCCI)C(=O)OC(C)(C)C. The van der Waals surface area contributed by atoms with Crippen molar-refractivity contribution in [1.29, 1.82) is 0 Å². The van der Waals surface area contributed by atoms with Gasteiger partial charge in [0, 0.05) is 23.9 Å². The number of ketones is 1. The first-order valence-corrected chi connectivity index (χ1v) is 11.7. The zero-order chi connectivity index (χ0) is 21.3. The van der Waals surface area contributed by atoms with Crippen LogP contribution in [0.15, 0.2) is 24.0 Å². The molecule has 1 amide bonds. The van der Waals surface area contributed by atoms with Crippen molar-refractivity contribution in [2.45, 2.75) is 71.8 Å². The molecule has 0 unspecified atom stereocenters. The molecule has 1 saturated carbocycles. The van der Waals surface area contributed by atoms with E-state index in [1.165, 1.54) is 0 Å². The predicted molar refractivity (Wildman–Crippen MR) is 119 cm³/mol. The Balaban J connectivity index is 2.76. The third-order valence-electron chi connectivity index (χ3n) is 4.73. The third kappa shape index (κ3) is 8.53. The van der Waals surface area contributed by atoms with Gasteiger partial charge in [0.1, 0.15) is 5.60 Å². The Morgan fingerprint density at radius 3 is 2.57 bits per heavy atom. The van der Waals surface area contributed by atoms with Gasteiger partial charge in [0.25, 0.3) is 0 Å². The van der Waals surface area contributed by atoms with Gasteiger partial charge in [-0.2, -0.15) is 0 Å². The monoisotopic (exact) mass is 504 g/mol. The summed E-state index contributed by atoms with van der Waals surface area (Å²) < 4.78 is 6.43. The highest BCUT2D eigenvalue weighted by Gasteiger charge is 2.29. The molecule has 0 bridgehead atoms. The van der Waals surface area contributed by atoms with E-state index in [4.69, 9.17) is 4.74 Å². The van der Waals surface area contributed by atoms with Gasteiger partial charge < -0.3 is 14.7 Å². The van der Waals surface area contributed by atoms with Gasteiger partial charge in [-0.3, -0.25) is 4.79 Å². The van der Waals surface area contributed by atoms with Gasteiger partial charge in [0.15, 0.2) is 5.78 Å². The first-order chi connectivity index (χ1) is 13.1. The second-order valence-electron chi connectivity index (χ2n) is 8.64. The molecular formula is C22H35INO4-. The lowest BCUT2D eigenvalue weighted by atomic mass is 9.75. The molecule has 0 heterocycles. The number of Topliss-reactive ketones (excluding diaryl/α,β-unsaturated/α-hetero) is 1. The minimum Gasteiger partial charge on any atom is -0.875 e. The summed E-state index contributed by atoms with van der Waals surface area (Å²) in [6, 6.07) is 0. The summed E-state index contributed by atoms with van der Waals surface area (Å²) in [5.41, 5.74) is -0.0804. The number of hydrogen-bond donors (Lipinski definition) is 0. The van der Waals surface area contributed by atoms with Crippen LogP contribution >= 0.6 is 22.6 Å². The lowest BCUT2D eigenvalue weighted by molar-refractivity contribution is -0.309. The molecule has 0 radical (unpaired) electrons. The van der Waals surface area contributed by atoms with Crippen LogP contribution in [0, 0.1) is 11.8 Å². The van der Waals surface area contributed by atoms with Crippen molar-refractivity contribution in [2.24, 2.45) is 11.8 Å². The fourth-order valence-corrected chi connectivity index (χ4v) is 3.92. The number of amides is 1. The molecule has 5 nitrogen and oxygen atoms in total. The number of ether oxygens (including phenoxy) is 1. The van der Waals surface area contributed by atoms with Crippen LogP contribution in [0.1, 0.15) is 66.2 Å². The number of carbonyl (C=O) groups excluding carboxylic acids is 2. The molecule has 1 rings (SSSR count). The van der Waals surface area contributed by atoms with E-state index in [9.17, 15) is 14.7 Å². The Kier molecular flexibility index (Phi) is 10.6. The molecule has 0 saturated heterocycles. The lowest BCUT2D eigenvalue weighted by Gasteiger charge is -2.33. The molecule has 1 aliphatic rings. The number of allylic oxidation sites excluding steroid dienone is 3. The van der Waals surface area contributed by atoms with E-state index in [0.717, 1.165) is 17.3 Å². The molecule has 1 aliphatic carbocycles. The van der Waals surface area contributed by atoms with Crippen molar-refractivity contribution in [3.8, 4) is 0 Å². The fraction of sp³-hybridized carbons (Fsp3) is 0.727. The number of nitrogens with zero attached hydrogens (tertiary/aromatic N) is 1. The van der Waals surface area contributed by atoms with Gasteiger partial charge in [-0.25, -0.2) is 4.79 Å². The van der Waals surface area contributed by atoms with Gasteiger partial charge in [0.05, 0.1) is 0 Å². The Morgan fingerprint density at radius 1 is 1.36 bits per heavy atom. The van der Waals surface area contributed by atoms with Crippen LogP contribution in [0.3, 0.4) is 0 Å². The maximum atomic E-state index is 12.8. The number of rotatable bonds is 9. The van der Waals surface area contributed by atoms with Gasteiger partial charge in [-0.05, 0) is 70.3 Å². The number of hydrogen-bond acceptors (Lipinski definition) is 4. The summed E-state index contributed by atoms with van der Waals surface area (Å²) in [6.07, 6.45) is 5.12. The molecule has 6 heteroatoms. The largest absolute Gasteiger partial charge is 0.875 e. The minimum atomic E-state index is -0.547. The van der Waals surface area contributed by atoms with Gasteiger partial charge in [-0.1, -0.05) is 35.6 Å². The summed E-state index contributed by atoms with van der Waals surface area (Å²) in [6.45, 7) is 12.4. The van der Waals surface area contributed by atoms with Crippen LogP contribution in [0.2, 0.25) is 0 Å². The molecule has 0 aromatic rings. The third-order valence-corrected chi connectivity index (χ3v) is 5.49. The van der Waals surface area contributed by atoms with Gasteiger partial charge in [0.2, 0.25) is 0 Å². The van der Waals surface area contributed by atoms with E-state index in [1.807, 2.05) is 20.8 Å². The maximum Gasteiger partial charge on any atom is 0.410 e. The molecule has 0 spiro atoms. The van der Waals surface area contributed by atoms with E-state index in [1.54, 1.807) is 11.0 Å². The standard InChI is InChI=1S/C22H36INO4/c1-6-9-17-14-16(2)15-19(26)20(17)18(25)10-7-12-24(13-8-11-23)21(27)28-22(3,4)5/h6,16-17,25H,1,7-15H2,2-5H3/p-1/b20-18-/t16-,17-/m1/s1. The molecule has 160 valence electrons. The second kappa shape index (κ2) is 11.8. The smallest absolute Gasteiger partial charge is 0.410 e. The zero-order valence-corrected chi connectivity index (χ0v) is 19.9. The van der Waals surface area contributed by atoms with E-state index in [2.05, 4.69) is 36.1 Å². The summed E-state index contributed by atoms with van der Waals surface area (Å²) >= 11 is 2.28. The van der Waals surface area contributed by atoms with Crippen molar-refractivity contribution in [3.05, 3.63) is 24.0 Å². The van der Waals surface area contributed by atoms with Crippen molar-refractivity contribution in [1.82, 2.24) is 4.90 Å². The summed E-state index contributed by atoms with van der Waals surface area (Å²) in [4.78, 5) is 26.5. The Labute approximate surface area is 183 Å². The molecule has 2 atom stereocenters. The zero-order valence-electron chi connectivity index (χ0n) is 17.8. The van der Waals surface area contributed by atoms with Crippen LogP contribution in [0.4, 0.5) is 4.79 Å². The molecule has 0 aliphatic heterocycles. The lowest BCUT2D eigenvalue weighted by Crippen LogP contribution is -2.38. The van der Waals surface area contributed by atoms with Crippen LogP contribution in [-0.4, -0.2) is 39.9 Å². The Hall–Kier alpha value is -1.05. The minimum absolute atomic E-state index is 0.00971. The van der Waals surface area contributed by atoms with E-state index >= 15 is 0 Å². The second-order valence-corrected chi connectivity index (χ2v) is 9.72. The Bertz CT molecular complexity index is 580. The summed E-state index contributed by atoms with van der Waals surface area (Å²) in [5, 5.41) is 12.8. The van der Waals surface area contributed by atoms with Crippen molar-refractivity contribution in [3.63, 3.8) is 0 Å². The maximum absolute atomic E-state index is 12.8. The average molecular weight is 504 g/mol. The highest BCUT2D eigenvalue weighted by Crippen LogP contribution is 2.35. The molecule has 28 heavy (non-hydrogen) atoms. The van der Waals surface area contributed by atoms with Crippen LogP contribution in [-0.2, 0) is 9.53 Å². The number of carbonyl (C=O) groups is 2. The molecule has 0 aromatic carbocycles. The van der Waals surface area contributed by atoms with Crippen molar-refractivity contribution in [2.75, 3.05) is 17.5 Å². The van der Waals surface area contributed by atoms with Gasteiger partial charge in [-0.15, -0.1) is 12.3 Å². The van der Waals surface area contributed by atoms with Crippen LogP contribution in [0.25, 0.3) is 0 Å². The quantitative estimate of drug-likeness (QED) is 0.151. The topological polar surface area (TPSA) is 69.7 Å². The first-order valence-electron chi connectivity index (χ1n) is 10.2. The molecule has 0 N–H and O–H groups in total. The summed E-state index contributed by atoms with van der Waals surface area (Å²) in [7, 11) is 0. The molecule has 0 aromatic heterocycles. The normalized spacial score (nSPS) is 22.0. The first kappa shape index (κ1) is 25.0. The van der Waals surface area contributed by atoms with E-state index < -0.39 is 5.60 Å². The van der Waals surface area contributed by atoms with E-state index in [-0.39, 0.29) is 30.0 Å². The van der Waals surface area contributed by atoms with Crippen LogP contribution in [0.5, 0.6) is 0 Å². The molecule has 1 fully saturated rings. The number of alkyl halides is 1.